The predicted octanol–water partition coefficient (Wildman–Crippen LogP) is 2.51. The molecule has 0 saturated carbocycles. The van der Waals surface area contributed by atoms with Gasteiger partial charge < -0.3 is 5.73 Å². The average molecular weight is 300 g/mol. The monoisotopic (exact) mass is 299 g/mol. The van der Waals surface area contributed by atoms with Gasteiger partial charge >= 0.3 is 0 Å². The zero-order chi connectivity index (χ0) is 15.3. The van der Waals surface area contributed by atoms with Gasteiger partial charge in [-0.15, -0.1) is 0 Å². The molecule has 0 aliphatic heterocycles. The minimum absolute atomic E-state index is 0.0531. The van der Waals surface area contributed by atoms with Crippen LogP contribution in [0.3, 0.4) is 0 Å². The Balaban J connectivity index is 2.89. The second-order valence-corrected chi connectivity index (χ2v) is 5.44. The van der Waals surface area contributed by atoms with Gasteiger partial charge in [-0.25, -0.2) is 0 Å². The van der Waals surface area contributed by atoms with E-state index in [0.717, 1.165) is 49.0 Å². The lowest BCUT2D eigenvalue weighted by Gasteiger charge is -2.24. The summed E-state index contributed by atoms with van der Waals surface area (Å²) in [5.41, 5.74) is 7.57. The fourth-order valence-corrected chi connectivity index (χ4v) is 2.50. The summed E-state index contributed by atoms with van der Waals surface area (Å²) in [6, 6.07) is 0. The molecule has 20 heavy (non-hydrogen) atoms. The molecule has 0 radical (unpaired) electrons. The highest BCUT2D eigenvalue weighted by atomic mass is 35.5. The number of hydrogen-bond donors (Lipinski definition) is 2. The van der Waals surface area contributed by atoms with Crippen molar-refractivity contribution in [2.24, 2.45) is 11.7 Å². The number of nitrogens with zero attached hydrogens (tertiary/aromatic N) is 3. The zero-order valence-electron chi connectivity index (χ0n) is 12.9. The molecule has 114 valence electrons. The first-order valence-electron chi connectivity index (χ1n) is 7.24. The third-order valence-corrected chi connectivity index (χ3v) is 4.01. The number of hydrogen-bond acceptors (Lipinski definition) is 3. The molecule has 0 aliphatic rings. The number of nitrogens with one attached hydrogen (secondary N) is 1. The molecule has 0 aromatic carbocycles. The van der Waals surface area contributed by atoms with E-state index in [1.165, 1.54) is 0 Å². The van der Waals surface area contributed by atoms with Crippen molar-refractivity contribution in [2.75, 3.05) is 13.1 Å². The second-order valence-electron chi connectivity index (χ2n) is 5.06. The molecule has 0 fully saturated rings. The van der Waals surface area contributed by atoms with Crippen molar-refractivity contribution in [3.05, 3.63) is 16.4 Å². The van der Waals surface area contributed by atoms with Gasteiger partial charge in [-0.1, -0.05) is 32.4 Å². The minimum atomic E-state index is 0.0531. The predicted molar refractivity (Wildman–Crippen MR) is 84.3 cm³/mol. The van der Waals surface area contributed by atoms with Crippen molar-refractivity contribution in [1.82, 2.24) is 14.7 Å². The maximum absolute atomic E-state index is 7.51. The first-order valence-corrected chi connectivity index (χ1v) is 7.62. The number of nitrogens with two attached hydrogens (primary N) is 1. The third kappa shape index (κ3) is 3.96. The van der Waals surface area contributed by atoms with Crippen molar-refractivity contribution >= 4 is 17.4 Å². The van der Waals surface area contributed by atoms with Crippen molar-refractivity contribution in [1.29, 1.82) is 5.41 Å². The molecular formula is C14H26ClN5. The van der Waals surface area contributed by atoms with Crippen LogP contribution in [0.4, 0.5) is 0 Å². The summed E-state index contributed by atoms with van der Waals surface area (Å²) < 4.78 is 1.97. The van der Waals surface area contributed by atoms with Crippen molar-refractivity contribution in [2.45, 2.75) is 47.2 Å². The van der Waals surface area contributed by atoms with Crippen molar-refractivity contribution in [3.8, 4) is 0 Å². The second kappa shape index (κ2) is 7.64. The van der Waals surface area contributed by atoms with E-state index in [-0.39, 0.29) is 11.8 Å². The number of aromatic nitrogens is 2. The van der Waals surface area contributed by atoms with Crippen LogP contribution in [0.15, 0.2) is 0 Å². The van der Waals surface area contributed by atoms with Gasteiger partial charge in [0.05, 0.1) is 22.2 Å². The van der Waals surface area contributed by atoms with Crippen LogP contribution in [0.2, 0.25) is 5.02 Å². The van der Waals surface area contributed by atoms with Gasteiger partial charge in [0.1, 0.15) is 0 Å². The number of rotatable bonds is 8. The molecule has 1 heterocycles. The molecule has 0 spiro atoms. The SMILES string of the molecule is CCc1nn(CC)c(CN(CC)CC(C)C(=N)N)c1Cl. The Morgan fingerprint density at radius 1 is 1.45 bits per heavy atom. The van der Waals surface area contributed by atoms with Crippen LogP contribution in [-0.4, -0.2) is 33.6 Å². The lowest BCUT2D eigenvalue weighted by Crippen LogP contribution is -2.34. The van der Waals surface area contributed by atoms with Crippen LogP contribution in [0.5, 0.6) is 0 Å². The highest BCUT2D eigenvalue weighted by molar-refractivity contribution is 6.31. The first-order chi connectivity index (χ1) is 9.44. The number of aryl methyl sites for hydroxylation is 2. The fourth-order valence-electron chi connectivity index (χ4n) is 2.17. The van der Waals surface area contributed by atoms with Gasteiger partial charge in [-0.2, -0.15) is 5.10 Å². The van der Waals surface area contributed by atoms with E-state index in [2.05, 4.69) is 30.8 Å². The summed E-state index contributed by atoms with van der Waals surface area (Å²) in [6.07, 6.45) is 0.842. The smallest absolute Gasteiger partial charge is 0.0947 e. The lowest BCUT2D eigenvalue weighted by atomic mass is 10.1. The van der Waals surface area contributed by atoms with E-state index in [9.17, 15) is 0 Å². The highest BCUT2D eigenvalue weighted by Crippen LogP contribution is 2.23. The van der Waals surface area contributed by atoms with E-state index < -0.39 is 0 Å². The number of halogens is 1. The Morgan fingerprint density at radius 2 is 2.10 bits per heavy atom. The maximum atomic E-state index is 7.51. The molecule has 0 aliphatic carbocycles. The Bertz CT molecular complexity index is 455. The van der Waals surface area contributed by atoms with Crippen LogP contribution in [0.25, 0.3) is 0 Å². The van der Waals surface area contributed by atoms with Gasteiger partial charge in [-0.3, -0.25) is 15.0 Å². The van der Waals surface area contributed by atoms with Crippen LogP contribution in [0, 0.1) is 11.3 Å². The molecule has 1 aromatic heterocycles. The summed E-state index contributed by atoms with van der Waals surface area (Å²) in [6.45, 7) is 11.4. The number of amidine groups is 1. The Kier molecular flexibility index (Phi) is 6.49. The normalized spacial score (nSPS) is 12.9. The maximum Gasteiger partial charge on any atom is 0.0947 e. The van der Waals surface area contributed by atoms with E-state index in [1.807, 2.05) is 11.6 Å². The topological polar surface area (TPSA) is 70.9 Å². The van der Waals surface area contributed by atoms with Crippen LogP contribution in [0.1, 0.15) is 39.1 Å². The first kappa shape index (κ1) is 17.0. The molecular weight excluding hydrogens is 274 g/mol. The van der Waals surface area contributed by atoms with Crippen LogP contribution >= 0.6 is 11.6 Å². The van der Waals surface area contributed by atoms with Gasteiger partial charge in [0.2, 0.25) is 0 Å². The van der Waals surface area contributed by atoms with Crippen LogP contribution in [-0.2, 0) is 19.5 Å². The zero-order valence-corrected chi connectivity index (χ0v) is 13.7. The van der Waals surface area contributed by atoms with Crippen LogP contribution < -0.4 is 5.73 Å². The molecule has 1 unspecified atom stereocenters. The third-order valence-electron chi connectivity index (χ3n) is 3.58. The van der Waals surface area contributed by atoms with Gasteiger partial charge in [0.25, 0.3) is 0 Å². The van der Waals surface area contributed by atoms with Gasteiger partial charge in [-0.05, 0) is 19.9 Å². The Morgan fingerprint density at radius 3 is 2.55 bits per heavy atom. The minimum Gasteiger partial charge on any atom is -0.387 e. The van der Waals surface area contributed by atoms with E-state index in [4.69, 9.17) is 22.7 Å². The summed E-state index contributed by atoms with van der Waals surface area (Å²) in [7, 11) is 0. The van der Waals surface area contributed by atoms with E-state index in [1.54, 1.807) is 0 Å². The quantitative estimate of drug-likeness (QED) is 0.572. The molecule has 1 rings (SSSR count). The van der Waals surface area contributed by atoms with Crippen molar-refractivity contribution in [3.63, 3.8) is 0 Å². The van der Waals surface area contributed by atoms with E-state index >= 15 is 0 Å². The molecule has 1 aromatic rings. The summed E-state index contributed by atoms with van der Waals surface area (Å²) in [5.74, 6) is 0.283. The summed E-state index contributed by atoms with van der Waals surface area (Å²) in [4.78, 5) is 2.25. The molecule has 5 nitrogen and oxygen atoms in total. The largest absolute Gasteiger partial charge is 0.387 e. The molecule has 1 atom stereocenters. The summed E-state index contributed by atoms with van der Waals surface area (Å²) in [5, 5.41) is 12.8. The standard InChI is InChI=1S/C14H26ClN5/c1-5-11-13(15)12(20(7-3)18-11)9-19(6-2)8-10(4)14(16)17/h10H,5-9H2,1-4H3,(H3,16,17). The molecule has 0 amide bonds. The highest BCUT2D eigenvalue weighted by Gasteiger charge is 2.18. The molecule has 3 N–H and O–H groups in total. The van der Waals surface area contributed by atoms with Gasteiger partial charge in [0, 0.05) is 25.6 Å². The fraction of sp³-hybridized carbons (Fsp3) is 0.714. The van der Waals surface area contributed by atoms with Crippen molar-refractivity contribution < 1.29 is 0 Å². The lowest BCUT2D eigenvalue weighted by molar-refractivity contribution is 0.255. The Labute approximate surface area is 126 Å². The Hall–Kier alpha value is -1.07. The average Bonchev–Trinajstić information content (AvgIpc) is 2.73. The van der Waals surface area contributed by atoms with E-state index in [0.29, 0.717) is 0 Å². The molecule has 6 heteroatoms. The molecule has 0 bridgehead atoms. The summed E-state index contributed by atoms with van der Waals surface area (Å²) >= 11 is 6.43. The van der Waals surface area contributed by atoms with Gasteiger partial charge in [0.15, 0.2) is 0 Å². The molecule has 0 saturated heterocycles.